The lowest BCUT2D eigenvalue weighted by Crippen LogP contribution is -2.55. The van der Waals surface area contributed by atoms with Crippen LogP contribution in [-0.2, 0) is 11.3 Å². The molecule has 1 unspecified atom stereocenters. The topological polar surface area (TPSA) is 58.4 Å². The number of rotatable bonds is 5. The molecule has 3 rings (SSSR count). The molecule has 0 bridgehead atoms. The van der Waals surface area contributed by atoms with Crippen LogP contribution in [0.15, 0.2) is 30.3 Å². The van der Waals surface area contributed by atoms with Crippen LogP contribution in [0.4, 0.5) is 0 Å². The molecule has 0 aromatic heterocycles. The Morgan fingerprint density at radius 1 is 1.17 bits per heavy atom. The van der Waals surface area contributed by atoms with Gasteiger partial charge in [-0.05, 0) is 37.8 Å². The lowest BCUT2D eigenvalue weighted by atomic mass is 9.97. The minimum absolute atomic E-state index is 0.0558. The summed E-state index contributed by atoms with van der Waals surface area (Å²) in [6.45, 7) is 2.81. The molecule has 1 atom stereocenters. The van der Waals surface area contributed by atoms with Gasteiger partial charge in [-0.25, -0.2) is 0 Å². The summed E-state index contributed by atoms with van der Waals surface area (Å²) >= 11 is 0. The number of hydrogen-bond acceptors (Lipinski definition) is 3. The van der Waals surface area contributed by atoms with Gasteiger partial charge in [-0.15, -0.1) is 0 Å². The lowest BCUT2D eigenvalue weighted by Gasteiger charge is -2.36. The summed E-state index contributed by atoms with van der Waals surface area (Å²) in [5, 5.41) is 3.14. The molecule has 2 aliphatic rings. The van der Waals surface area contributed by atoms with Crippen molar-refractivity contribution in [3.05, 3.63) is 35.9 Å². The van der Waals surface area contributed by atoms with Crippen LogP contribution in [0, 0.1) is 0 Å². The molecule has 1 aliphatic heterocycles. The summed E-state index contributed by atoms with van der Waals surface area (Å²) in [5.74, 6) is 0.0558. The van der Waals surface area contributed by atoms with Gasteiger partial charge in [0.15, 0.2) is 0 Å². The predicted molar refractivity (Wildman–Crippen MR) is 92.9 cm³/mol. The molecule has 23 heavy (non-hydrogen) atoms. The van der Waals surface area contributed by atoms with E-state index in [9.17, 15) is 4.79 Å². The van der Waals surface area contributed by atoms with Crippen LogP contribution < -0.4 is 11.1 Å². The first-order valence-corrected chi connectivity index (χ1v) is 9.02. The standard InChI is InChI=1S/C19H29N3O/c20-19(11-5-6-12-19)18(23)21-14-17-10-4-7-13-22(17)15-16-8-2-1-3-9-16/h1-3,8-9,17H,4-7,10-15,20H2,(H,21,23). The number of carbonyl (C=O) groups excluding carboxylic acids is 1. The molecule has 0 radical (unpaired) electrons. The van der Waals surface area contributed by atoms with Crippen molar-refractivity contribution in [2.45, 2.75) is 63.1 Å². The first-order valence-electron chi connectivity index (χ1n) is 9.02. The van der Waals surface area contributed by atoms with Gasteiger partial charge in [-0.2, -0.15) is 0 Å². The lowest BCUT2D eigenvalue weighted by molar-refractivity contribution is -0.126. The Balaban J connectivity index is 1.55. The molecule has 1 amide bonds. The van der Waals surface area contributed by atoms with Gasteiger partial charge in [-0.3, -0.25) is 9.69 Å². The van der Waals surface area contributed by atoms with E-state index >= 15 is 0 Å². The third-order valence-corrected chi connectivity index (χ3v) is 5.42. The van der Waals surface area contributed by atoms with E-state index in [4.69, 9.17) is 5.73 Å². The molecule has 1 aromatic rings. The Morgan fingerprint density at radius 3 is 2.65 bits per heavy atom. The largest absolute Gasteiger partial charge is 0.353 e. The average Bonchev–Trinajstić information content (AvgIpc) is 3.03. The number of amides is 1. The summed E-state index contributed by atoms with van der Waals surface area (Å²) < 4.78 is 0. The zero-order chi connectivity index (χ0) is 16.1. The fourth-order valence-corrected chi connectivity index (χ4v) is 3.94. The Morgan fingerprint density at radius 2 is 1.91 bits per heavy atom. The van der Waals surface area contributed by atoms with Crippen LogP contribution in [0.25, 0.3) is 0 Å². The molecular formula is C19H29N3O. The monoisotopic (exact) mass is 315 g/mol. The van der Waals surface area contributed by atoms with Gasteiger partial charge in [-0.1, -0.05) is 49.6 Å². The van der Waals surface area contributed by atoms with Crippen molar-refractivity contribution in [2.75, 3.05) is 13.1 Å². The second-order valence-electron chi connectivity index (χ2n) is 7.18. The molecule has 126 valence electrons. The molecule has 1 aliphatic carbocycles. The molecule has 1 heterocycles. The van der Waals surface area contributed by atoms with E-state index in [-0.39, 0.29) is 5.91 Å². The SMILES string of the molecule is NC1(C(=O)NCC2CCCCN2Cc2ccccc2)CCCC1. The molecular weight excluding hydrogens is 286 g/mol. The Kier molecular flexibility index (Phi) is 5.34. The Hall–Kier alpha value is -1.39. The van der Waals surface area contributed by atoms with Crippen LogP contribution >= 0.6 is 0 Å². The number of piperidine rings is 1. The predicted octanol–water partition coefficient (Wildman–Crippen LogP) is 2.43. The van der Waals surface area contributed by atoms with E-state index in [1.807, 2.05) is 0 Å². The third-order valence-electron chi connectivity index (χ3n) is 5.42. The molecule has 4 nitrogen and oxygen atoms in total. The minimum atomic E-state index is -0.612. The van der Waals surface area contributed by atoms with E-state index in [1.165, 1.54) is 18.4 Å². The van der Waals surface area contributed by atoms with E-state index in [0.29, 0.717) is 6.04 Å². The number of hydrogen-bond donors (Lipinski definition) is 2. The van der Waals surface area contributed by atoms with Gasteiger partial charge < -0.3 is 11.1 Å². The molecule has 4 heteroatoms. The maximum atomic E-state index is 12.4. The average molecular weight is 315 g/mol. The number of carbonyl (C=O) groups is 1. The maximum Gasteiger partial charge on any atom is 0.240 e. The highest BCUT2D eigenvalue weighted by Crippen LogP contribution is 2.27. The molecule has 3 N–H and O–H groups in total. The van der Waals surface area contributed by atoms with Crippen LogP contribution in [0.3, 0.4) is 0 Å². The van der Waals surface area contributed by atoms with Crippen LogP contribution in [0.5, 0.6) is 0 Å². The summed E-state index contributed by atoms with van der Waals surface area (Å²) in [6, 6.07) is 11.0. The summed E-state index contributed by atoms with van der Waals surface area (Å²) in [4.78, 5) is 14.9. The van der Waals surface area contributed by atoms with Crippen molar-refractivity contribution < 1.29 is 4.79 Å². The van der Waals surface area contributed by atoms with E-state index in [2.05, 4.69) is 40.5 Å². The fourth-order valence-electron chi connectivity index (χ4n) is 3.94. The number of nitrogens with one attached hydrogen (secondary N) is 1. The van der Waals surface area contributed by atoms with Crippen LogP contribution in [-0.4, -0.2) is 35.5 Å². The van der Waals surface area contributed by atoms with Crippen LogP contribution in [0.1, 0.15) is 50.5 Å². The van der Waals surface area contributed by atoms with Crippen molar-refractivity contribution in [3.8, 4) is 0 Å². The normalized spacial score (nSPS) is 24.5. The Bertz CT molecular complexity index is 511. The first-order chi connectivity index (χ1) is 11.2. The van der Waals surface area contributed by atoms with Gasteiger partial charge in [0.2, 0.25) is 5.91 Å². The maximum absolute atomic E-state index is 12.4. The van der Waals surface area contributed by atoms with Gasteiger partial charge in [0, 0.05) is 19.1 Å². The van der Waals surface area contributed by atoms with Crippen molar-refractivity contribution in [1.29, 1.82) is 0 Å². The second-order valence-corrected chi connectivity index (χ2v) is 7.18. The number of nitrogens with zero attached hydrogens (tertiary/aromatic N) is 1. The van der Waals surface area contributed by atoms with Crippen molar-refractivity contribution in [1.82, 2.24) is 10.2 Å². The molecule has 1 aromatic carbocycles. The van der Waals surface area contributed by atoms with Gasteiger partial charge >= 0.3 is 0 Å². The number of likely N-dealkylation sites (tertiary alicyclic amines) is 1. The van der Waals surface area contributed by atoms with Crippen LogP contribution in [0.2, 0.25) is 0 Å². The van der Waals surface area contributed by atoms with E-state index < -0.39 is 5.54 Å². The third kappa shape index (κ3) is 4.12. The second kappa shape index (κ2) is 7.45. The highest BCUT2D eigenvalue weighted by molar-refractivity contribution is 5.86. The summed E-state index contributed by atoms with van der Waals surface area (Å²) in [6.07, 6.45) is 7.47. The Labute approximate surface area is 139 Å². The zero-order valence-corrected chi connectivity index (χ0v) is 14.0. The quantitative estimate of drug-likeness (QED) is 0.877. The molecule has 1 saturated carbocycles. The number of nitrogens with two attached hydrogens (primary N) is 1. The fraction of sp³-hybridized carbons (Fsp3) is 0.632. The van der Waals surface area contributed by atoms with Crippen molar-refractivity contribution >= 4 is 5.91 Å². The molecule has 1 saturated heterocycles. The zero-order valence-electron chi connectivity index (χ0n) is 14.0. The molecule has 0 spiro atoms. The van der Waals surface area contributed by atoms with Gasteiger partial charge in [0.05, 0.1) is 5.54 Å². The van der Waals surface area contributed by atoms with Gasteiger partial charge in [0.25, 0.3) is 0 Å². The summed E-state index contributed by atoms with van der Waals surface area (Å²) in [7, 11) is 0. The van der Waals surface area contributed by atoms with E-state index in [0.717, 1.165) is 51.7 Å². The molecule has 2 fully saturated rings. The smallest absolute Gasteiger partial charge is 0.240 e. The van der Waals surface area contributed by atoms with Crippen molar-refractivity contribution in [2.24, 2.45) is 5.73 Å². The highest BCUT2D eigenvalue weighted by atomic mass is 16.2. The minimum Gasteiger partial charge on any atom is -0.353 e. The summed E-state index contributed by atoms with van der Waals surface area (Å²) in [5.41, 5.74) is 6.98. The number of benzene rings is 1. The highest BCUT2D eigenvalue weighted by Gasteiger charge is 2.37. The first kappa shape index (κ1) is 16.5. The van der Waals surface area contributed by atoms with Crippen molar-refractivity contribution in [3.63, 3.8) is 0 Å². The van der Waals surface area contributed by atoms with Gasteiger partial charge in [0.1, 0.15) is 0 Å². The van der Waals surface area contributed by atoms with E-state index in [1.54, 1.807) is 0 Å².